The van der Waals surface area contributed by atoms with E-state index in [1.54, 1.807) is 0 Å². The Balaban J connectivity index is 3.02. The third kappa shape index (κ3) is 4.70. The number of ether oxygens (including phenoxy) is 2. The Bertz CT molecular complexity index is 412. The highest BCUT2D eigenvalue weighted by Gasteiger charge is 2.34. The van der Waals surface area contributed by atoms with Crippen LogP contribution in [0.4, 0.5) is 26.3 Å². The molecule has 0 saturated carbocycles. The van der Waals surface area contributed by atoms with E-state index in [1.165, 1.54) is 0 Å². The summed E-state index contributed by atoms with van der Waals surface area (Å²) in [4.78, 5) is 0. The molecule has 0 aliphatic heterocycles. The van der Waals surface area contributed by atoms with E-state index in [0.29, 0.717) is 6.07 Å². The van der Waals surface area contributed by atoms with Crippen molar-refractivity contribution in [2.45, 2.75) is 19.3 Å². The predicted molar refractivity (Wildman–Crippen MR) is 45.7 cm³/mol. The molecule has 0 fully saturated rings. The van der Waals surface area contributed by atoms with Gasteiger partial charge in [0, 0.05) is 11.6 Å². The fraction of sp³-hybridized carbons (Fsp3) is 0.333. The van der Waals surface area contributed by atoms with Gasteiger partial charge in [0.15, 0.2) is 0 Å². The maximum absolute atomic E-state index is 12.0. The minimum absolute atomic E-state index is 0.318. The molecule has 1 rings (SSSR count). The third-order valence-corrected chi connectivity index (χ3v) is 1.67. The average Bonchev–Trinajstić information content (AvgIpc) is 2.12. The van der Waals surface area contributed by atoms with Crippen LogP contribution in [0, 0.1) is 0 Å². The van der Waals surface area contributed by atoms with Crippen LogP contribution in [0.1, 0.15) is 5.56 Å². The lowest BCUT2D eigenvalue weighted by Gasteiger charge is -2.14. The number of benzene rings is 1. The van der Waals surface area contributed by atoms with Crippen molar-refractivity contribution in [3.05, 3.63) is 23.8 Å². The van der Waals surface area contributed by atoms with Gasteiger partial charge in [-0.3, -0.25) is 0 Å². The van der Waals surface area contributed by atoms with Crippen LogP contribution < -0.4 is 9.47 Å². The van der Waals surface area contributed by atoms with Gasteiger partial charge < -0.3 is 14.6 Å². The van der Waals surface area contributed by atoms with Crippen LogP contribution in [0.5, 0.6) is 11.5 Å². The molecular formula is C9H6F6O3. The van der Waals surface area contributed by atoms with Gasteiger partial charge in [0.25, 0.3) is 0 Å². The molecule has 9 heteroatoms. The van der Waals surface area contributed by atoms with Crippen molar-refractivity contribution < 1.29 is 40.9 Å². The first-order valence-electron chi connectivity index (χ1n) is 4.36. The molecule has 0 amide bonds. The summed E-state index contributed by atoms with van der Waals surface area (Å²) in [5, 5.41) is 8.73. The third-order valence-electron chi connectivity index (χ3n) is 1.67. The molecule has 1 aromatic rings. The van der Waals surface area contributed by atoms with E-state index in [0.717, 1.165) is 12.1 Å². The molecule has 3 nitrogen and oxygen atoms in total. The zero-order chi connectivity index (χ0) is 14.0. The lowest BCUT2D eigenvalue weighted by Crippen LogP contribution is -2.19. The SMILES string of the molecule is OCc1ccc(OC(F)(F)F)cc1OC(F)(F)F. The molecule has 0 radical (unpaired) electrons. The maximum atomic E-state index is 12.0. The first-order chi connectivity index (χ1) is 8.11. The van der Waals surface area contributed by atoms with Crippen molar-refractivity contribution in [3.63, 3.8) is 0 Å². The Kier molecular flexibility index (Phi) is 3.95. The Morgan fingerprint density at radius 2 is 1.50 bits per heavy atom. The van der Waals surface area contributed by atoms with Crippen LogP contribution >= 0.6 is 0 Å². The summed E-state index contributed by atoms with van der Waals surface area (Å²) >= 11 is 0. The van der Waals surface area contributed by atoms with Crippen LogP contribution in [-0.4, -0.2) is 17.8 Å². The molecule has 0 aliphatic carbocycles. The van der Waals surface area contributed by atoms with Crippen LogP contribution in [0.15, 0.2) is 18.2 Å². The van der Waals surface area contributed by atoms with Crippen molar-refractivity contribution in [1.29, 1.82) is 0 Å². The molecule has 1 N–H and O–H groups in total. The minimum atomic E-state index is -5.08. The lowest BCUT2D eigenvalue weighted by atomic mass is 10.2. The zero-order valence-electron chi connectivity index (χ0n) is 8.47. The highest BCUT2D eigenvalue weighted by molar-refractivity contribution is 5.40. The molecule has 0 heterocycles. The van der Waals surface area contributed by atoms with E-state index in [1.807, 2.05) is 0 Å². The van der Waals surface area contributed by atoms with Crippen LogP contribution in [0.2, 0.25) is 0 Å². The molecule has 0 bridgehead atoms. The first-order valence-corrected chi connectivity index (χ1v) is 4.36. The number of hydrogen-bond donors (Lipinski definition) is 1. The molecule has 18 heavy (non-hydrogen) atoms. The fourth-order valence-electron chi connectivity index (χ4n) is 1.08. The van der Waals surface area contributed by atoms with Crippen LogP contribution in [-0.2, 0) is 6.61 Å². The number of aliphatic hydroxyl groups excluding tert-OH is 1. The summed E-state index contributed by atoms with van der Waals surface area (Å²) in [5.41, 5.74) is -0.318. The van der Waals surface area contributed by atoms with E-state index in [2.05, 4.69) is 9.47 Å². The average molecular weight is 276 g/mol. The van der Waals surface area contributed by atoms with Gasteiger partial charge in [0.1, 0.15) is 11.5 Å². The number of rotatable bonds is 3. The van der Waals surface area contributed by atoms with E-state index < -0.39 is 30.8 Å². The van der Waals surface area contributed by atoms with Gasteiger partial charge in [-0.05, 0) is 12.1 Å². The molecule has 0 aliphatic rings. The molecule has 0 spiro atoms. The predicted octanol–water partition coefficient (Wildman–Crippen LogP) is 2.98. The summed E-state index contributed by atoms with van der Waals surface area (Å²) < 4.78 is 78.4. The maximum Gasteiger partial charge on any atom is 0.573 e. The van der Waals surface area contributed by atoms with E-state index in [-0.39, 0.29) is 5.56 Å². The van der Waals surface area contributed by atoms with Gasteiger partial charge in [0.2, 0.25) is 0 Å². The van der Waals surface area contributed by atoms with E-state index >= 15 is 0 Å². The summed E-state index contributed by atoms with van der Waals surface area (Å²) in [6, 6.07) is 2.00. The largest absolute Gasteiger partial charge is 0.573 e. The molecule has 102 valence electrons. The number of hydrogen-bond acceptors (Lipinski definition) is 3. The van der Waals surface area contributed by atoms with Crippen molar-refractivity contribution in [2.75, 3.05) is 0 Å². The normalized spacial score (nSPS) is 12.4. The zero-order valence-corrected chi connectivity index (χ0v) is 8.47. The smallest absolute Gasteiger partial charge is 0.406 e. The van der Waals surface area contributed by atoms with Crippen molar-refractivity contribution in [3.8, 4) is 11.5 Å². The molecule has 0 unspecified atom stereocenters. The Hall–Kier alpha value is -1.64. The quantitative estimate of drug-likeness (QED) is 0.862. The molecule has 0 atom stereocenters. The van der Waals surface area contributed by atoms with E-state index in [4.69, 9.17) is 5.11 Å². The fourth-order valence-corrected chi connectivity index (χ4v) is 1.08. The Morgan fingerprint density at radius 3 is 1.94 bits per heavy atom. The molecular weight excluding hydrogens is 270 g/mol. The lowest BCUT2D eigenvalue weighted by molar-refractivity contribution is -0.276. The number of halogens is 6. The van der Waals surface area contributed by atoms with Gasteiger partial charge in [0.05, 0.1) is 6.61 Å². The first kappa shape index (κ1) is 14.4. The van der Waals surface area contributed by atoms with Gasteiger partial charge in [-0.2, -0.15) is 0 Å². The van der Waals surface area contributed by atoms with Gasteiger partial charge in [-0.15, -0.1) is 26.3 Å². The summed E-state index contributed by atoms with van der Waals surface area (Å²) in [6.07, 6.45) is -10.1. The topological polar surface area (TPSA) is 38.7 Å². The van der Waals surface area contributed by atoms with E-state index in [9.17, 15) is 26.3 Å². The highest BCUT2D eigenvalue weighted by Crippen LogP contribution is 2.32. The Morgan fingerprint density at radius 1 is 0.944 bits per heavy atom. The van der Waals surface area contributed by atoms with Gasteiger partial charge in [-0.25, -0.2) is 0 Å². The van der Waals surface area contributed by atoms with Gasteiger partial charge in [-0.1, -0.05) is 0 Å². The van der Waals surface area contributed by atoms with Gasteiger partial charge >= 0.3 is 12.7 Å². The van der Waals surface area contributed by atoms with Crippen molar-refractivity contribution >= 4 is 0 Å². The summed E-state index contributed by atoms with van der Waals surface area (Å²) in [6.45, 7) is -0.822. The summed E-state index contributed by atoms with van der Waals surface area (Å²) in [5.74, 6) is -1.83. The second-order valence-electron chi connectivity index (χ2n) is 3.02. The monoisotopic (exact) mass is 276 g/mol. The summed E-state index contributed by atoms with van der Waals surface area (Å²) in [7, 11) is 0. The standard InChI is InChI=1S/C9H6F6O3/c10-8(11,12)17-6-2-1-5(4-16)7(3-6)18-9(13,14)15/h1-3,16H,4H2. The van der Waals surface area contributed by atoms with Crippen molar-refractivity contribution in [2.24, 2.45) is 0 Å². The molecule has 0 aromatic heterocycles. The molecule has 0 saturated heterocycles. The molecule has 1 aromatic carbocycles. The highest BCUT2D eigenvalue weighted by atomic mass is 19.4. The number of aliphatic hydroxyl groups is 1. The Labute approximate surface area is 96.5 Å². The number of alkyl halides is 6. The second kappa shape index (κ2) is 4.92. The van der Waals surface area contributed by atoms with Crippen molar-refractivity contribution in [1.82, 2.24) is 0 Å². The van der Waals surface area contributed by atoms with Crippen LogP contribution in [0.3, 0.4) is 0 Å². The second-order valence-corrected chi connectivity index (χ2v) is 3.02. The minimum Gasteiger partial charge on any atom is -0.406 e. The van der Waals surface area contributed by atoms with Crippen LogP contribution in [0.25, 0.3) is 0 Å².